The van der Waals surface area contributed by atoms with Crippen LogP contribution in [0, 0.1) is 0 Å². The van der Waals surface area contributed by atoms with Crippen molar-refractivity contribution in [2.45, 2.75) is 12.5 Å². The van der Waals surface area contributed by atoms with Crippen molar-refractivity contribution >= 4 is 22.3 Å². The van der Waals surface area contributed by atoms with Crippen molar-refractivity contribution in [3.05, 3.63) is 28.8 Å². The Morgan fingerprint density at radius 1 is 1.53 bits per heavy atom. The normalized spacial score (nSPS) is 18.9. The zero-order valence-electron chi connectivity index (χ0n) is 10.7. The van der Waals surface area contributed by atoms with Gasteiger partial charge in [0.1, 0.15) is 0 Å². The second kappa shape index (κ2) is 4.55. The molecule has 0 aliphatic carbocycles. The Bertz CT molecular complexity index is 661. The van der Waals surface area contributed by atoms with Crippen LogP contribution in [-0.4, -0.2) is 36.3 Å². The molecule has 0 saturated carbocycles. The number of rotatable bonds is 2. The molecule has 100 valence electrons. The Hall–Kier alpha value is -2.08. The van der Waals surface area contributed by atoms with Crippen molar-refractivity contribution in [3.8, 4) is 0 Å². The summed E-state index contributed by atoms with van der Waals surface area (Å²) in [6.45, 7) is 1.48. The molecule has 6 nitrogen and oxygen atoms in total. The van der Waals surface area contributed by atoms with Gasteiger partial charge in [0.2, 0.25) is 0 Å². The number of aromatic amines is 1. The molecule has 0 amide bonds. The molecule has 1 aromatic carbocycles. The number of H-pyrrole nitrogens is 1. The van der Waals surface area contributed by atoms with Crippen LogP contribution in [0.1, 0.15) is 6.42 Å². The number of hydrogen-bond acceptors (Lipinski definition) is 5. The first-order chi connectivity index (χ1) is 9.16. The highest BCUT2D eigenvalue weighted by Crippen LogP contribution is 2.29. The zero-order chi connectivity index (χ0) is 13.4. The highest BCUT2D eigenvalue weighted by Gasteiger charge is 2.22. The van der Waals surface area contributed by atoms with Crippen LogP contribution in [0.3, 0.4) is 0 Å². The van der Waals surface area contributed by atoms with Gasteiger partial charge in [0.05, 0.1) is 41.3 Å². The van der Waals surface area contributed by atoms with Crippen LogP contribution in [0.25, 0.3) is 10.9 Å². The number of ether oxygens (including phenoxy) is 1. The second-order valence-electron chi connectivity index (χ2n) is 4.79. The smallest absolute Gasteiger partial charge is 0.258 e. The molecule has 1 atom stereocenters. The summed E-state index contributed by atoms with van der Waals surface area (Å²) >= 11 is 0. The van der Waals surface area contributed by atoms with Crippen molar-refractivity contribution < 1.29 is 4.74 Å². The number of fused-ring (bicyclic) bond motifs is 1. The van der Waals surface area contributed by atoms with E-state index < -0.39 is 0 Å². The van der Waals surface area contributed by atoms with E-state index >= 15 is 0 Å². The van der Waals surface area contributed by atoms with E-state index in [9.17, 15) is 4.79 Å². The maximum absolute atomic E-state index is 11.7. The van der Waals surface area contributed by atoms with Gasteiger partial charge in [-0.2, -0.15) is 0 Å². The predicted octanol–water partition coefficient (Wildman–Crippen LogP) is 0.730. The number of aromatic nitrogens is 2. The van der Waals surface area contributed by atoms with Gasteiger partial charge in [0.15, 0.2) is 0 Å². The second-order valence-corrected chi connectivity index (χ2v) is 4.79. The molecule has 6 heteroatoms. The van der Waals surface area contributed by atoms with Crippen molar-refractivity contribution in [2.24, 2.45) is 0 Å². The maximum Gasteiger partial charge on any atom is 0.258 e. The summed E-state index contributed by atoms with van der Waals surface area (Å²) in [5.74, 6) is 0. The molecule has 0 bridgehead atoms. The molecule has 1 aromatic heterocycles. The molecule has 0 radical (unpaired) electrons. The van der Waals surface area contributed by atoms with Crippen LogP contribution < -0.4 is 16.2 Å². The topological polar surface area (TPSA) is 84.2 Å². The molecule has 3 rings (SSSR count). The average Bonchev–Trinajstić information content (AvgIpc) is 2.92. The Labute approximate surface area is 110 Å². The highest BCUT2D eigenvalue weighted by molar-refractivity contribution is 5.88. The lowest BCUT2D eigenvalue weighted by Gasteiger charge is -2.26. The number of nitrogen functional groups attached to an aromatic ring is 1. The highest BCUT2D eigenvalue weighted by atomic mass is 16.5. The Morgan fingerprint density at radius 3 is 3.11 bits per heavy atom. The molecule has 19 heavy (non-hydrogen) atoms. The van der Waals surface area contributed by atoms with Gasteiger partial charge in [-0.05, 0) is 18.6 Å². The van der Waals surface area contributed by atoms with Gasteiger partial charge in [-0.1, -0.05) is 0 Å². The molecule has 1 saturated heterocycles. The number of hydrogen-bond donors (Lipinski definition) is 2. The number of benzene rings is 1. The first-order valence-corrected chi connectivity index (χ1v) is 6.24. The molecule has 0 spiro atoms. The number of anilines is 2. The average molecular weight is 260 g/mol. The van der Waals surface area contributed by atoms with Crippen LogP contribution in [-0.2, 0) is 4.74 Å². The van der Waals surface area contributed by atoms with Gasteiger partial charge >= 0.3 is 0 Å². The minimum absolute atomic E-state index is 0.171. The van der Waals surface area contributed by atoms with Gasteiger partial charge in [-0.25, -0.2) is 4.98 Å². The summed E-state index contributed by atoms with van der Waals surface area (Å²) in [5, 5.41) is 0.514. The summed E-state index contributed by atoms with van der Waals surface area (Å²) in [6.07, 6.45) is 2.39. The lowest BCUT2D eigenvalue weighted by Crippen LogP contribution is -2.32. The SMILES string of the molecule is CN(c1cc2nc[nH]c(=O)c2cc1N)C1CCOC1. The van der Waals surface area contributed by atoms with Gasteiger partial charge in [0.25, 0.3) is 5.56 Å². The van der Waals surface area contributed by atoms with E-state index in [4.69, 9.17) is 10.5 Å². The number of nitrogens with zero attached hydrogens (tertiary/aromatic N) is 2. The Kier molecular flexibility index (Phi) is 2.87. The summed E-state index contributed by atoms with van der Waals surface area (Å²) in [7, 11) is 1.99. The first-order valence-electron chi connectivity index (χ1n) is 6.24. The fourth-order valence-corrected chi connectivity index (χ4v) is 2.45. The fraction of sp³-hybridized carbons (Fsp3) is 0.385. The van der Waals surface area contributed by atoms with E-state index in [1.54, 1.807) is 6.07 Å². The van der Waals surface area contributed by atoms with E-state index in [2.05, 4.69) is 14.9 Å². The zero-order valence-corrected chi connectivity index (χ0v) is 10.7. The summed E-state index contributed by atoms with van der Waals surface area (Å²) in [5.41, 5.74) is 8.02. The van der Waals surface area contributed by atoms with Crippen molar-refractivity contribution in [3.63, 3.8) is 0 Å². The number of nitrogens with two attached hydrogens (primary N) is 1. The Balaban J connectivity index is 2.08. The summed E-state index contributed by atoms with van der Waals surface area (Å²) in [6, 6.07) is 3.86. The molecule has 2 aromatic rings. The van der Waals surface area contributed by atoms with E-state index in [0.29, 0.717) is 29.2 Å². The van der Waals surface area contributed by atoms with E-state index in [-0.39, 0.29) is 5.56 Å². The molecule has 1 aliphatic heterocycles. The third kappa shape index (κ3) is 2.04. The molecule has 1 aliphatic rings. The third-order valence-electron chi connectivity index (χ3n) is 3.62. The molecule has 2 heterocycles. The van der Waals surface area contributed by atoms with Crippen LogP contribution in [0.4, 0.5) is 11.4 Å². The first kappa shape index (κ1) is 12.0. The van der Waals surface area contributed by atoms with Crippen molar-refractivity contribution in [1.29, 1.82) is 0 Å². The van der Waals surface area contributed by atoms with E-state index in [1.807, 2.05) is 13.1 Å². The minimum Gasteiger partial charge on any atom is -0.397 e. The van der Waals surface area contributed by atoms with Gasteiger partial charge in [-0.3, -0.25) is 4.79 Å². The summed E-state index contributed by atoms with van der Waals surface area (Å²) < 4.78 is 5.39. The standard InChI is InChI=1S/C13H16N4O2/c1-17(8-2-3-19-6-8)12-5-11-9(4-10(12)14)13(18)16-7-15-11/h4-5,7-8H,2-3,6,14H2,1H3,(H,15,16,18). The maximum atomic E-state index is 11.7. The lowest BCUT2D eigenvalue weighted by molar-refractivity contribution is 0.193. The predicted molar refractivity (Wildman–Crippen MR) is 74.4 cm³/mol. The molecular weight excluding hydrogens is 244 g/mol. The largest absolute Gasteiger partial charge is 0.397 e. The molecular formula is C13H16N4O2. The third-order valence-corrected chi connectivity index (χ3v) is 3.62. The van der Waals surface area contributed by atoms with Gasteiger partial charge < -0.3 is 20.4 Å². The van der Waals surface area contributed by atoms with Crippen LogP contribution in [0.2, 0.25) is 0 Å². The van der Waals surface area contributed by atoms with Crippen molar-refractivity contribution in [2.75, 3.05) is 30.9 Å². The minimum atomic E-state index is -0.171. The number of likely N-dealkylation sites (N-methyl/N-ethyl adjacent to an activating group) is 1. The van der Waals surface area contributed by atoms with Crippen molar-refractivity contribution in [1.82, 2.24) is 9.97 Å². The molecule has 1 fully saturated rings. The summed E-state index contributed by atoms with van der Waals surface area (Å²) in [4.78, 5) is 20.5. The molecule has 3 N–H and O–H groups in total. The quantitative estimate of drug-likeness (QED) is 0.778. The fourth-order valence-electron chi connectivity index (χ4n) is 2.45. The van der Waals surface area contributed by atoms with Gasteiger partial charge in [0, 0.05) is 13.7 Å². The van der Waals surface area contributed by atoms with Crippen LogP contribution >= 0.6 is 0 Å². The number of nitrogens with one attached hydrogen (secondary N) is 1. The molecule has 1 unspecified atom stereocenters. The van der Waals surface area contributed by atoms with Gasteiger partial charge in [-0.15, -0.1) is 0 Å². The lowest BCUT2D eigenvalue weighted by atomic mass is 10.1. The van der Waals surface area contributed by atoms with E-state index in [1.165, 1.54) is 6.33 Å². The van der Waals surface area contributed by atoms with E-state index in [0.717, 1.165) is 18.7 Å². The van der Waals surface area contributed by atoms with Crippen LogP contribution in [0.15, 0.2) is 23.3 Å². The monoisotopic (exact) mass is 260 g/mol. The van der Waals surface area contributed by atoms with Crippen LogP contribution in [0.5, 0.6) is 0 Å². The Morgan fingerprint density at radius 2 is 2.37 bits per heavy atom.